The monoisotopic (exact) mass is 261 g/mol. The minimum absolute atomic E-state index is 0.0436. The van der Waals surface area contributed by atoms with Crippen molar-refractivity contribution in [1.29, 1.82) is 0 Å². The van der Waals surface area contributed by atoms with E-state index in [0.29, 0.717) is 6.42 Å². The topological polar surface area (TPSA) is 105 Å². The van der Waals surface area contributed by atoms with Gasteiger partial charge in [0.05, 0.1) is 13.2 Å². The molecule has 0 aliphatic rings. The number of carbonyl (C=O) groups excluding carboxylic acids is 2. The molecule has 0 unspecified atom stereocenters. The highest BCUT2D eigenvalue weighted by molar-refractivity contribution is 5.90. The van der Waals surface area contributed by atoms with E-state index < -0.39 is 12.4 Å². The number of carbonyl (C=O) groups is 2. The molecule has 0 aliphatic carbocycles. The van der Waals surface area contributed by atoms with Gasteiger partial charge in [-0.1, -0.05) is 6.58 Å². The first-order chi connectivity index (χ1) is 8.43. The van der Waals surface area contributed by atoms with Crippen LogP contribution in [0, 0.1) is 0 Å². The van der Waals surface area contributed by atoms with Crippen LogP contribution >= 0.6 is 0 Å². The number of aliphatic hydroxyl groups excluding tert-OH is 1. The van der Waals surface area contributed by atoms with Crippen molar-refractivity contribution in [2.45, 2.75) is 26.1 Å². The Morgan fingerprint density at radius 2 is 1.94 bits per heavy atom. The predicted octanol–water partition coefficient (Wildman–Crippen LogP) is -0.0772. The normalized spacial score (nSPS) is 10.0. The molecule has 0 fully saturated rings. The average molecular weight is 261 g/mol. The number of ether oxygens (including phenoxy) is 2. The Bertz CT molecular complexity index is 289. The largest absolute Gasteiger partial charge is 0.489 e. The lowest BCUT2D eigenvalue weighted by molar-refractivity contribution is -0.116. The van der Waals surface area contributed by atoms with E-state index in [2.05, 4.69) is 11.9 Å². The van der Waals surface area contributed by atoms with Crippen LogP contribution in [0.2, 0.25) is 0 Å². The van der Waals surface area contributed by atoms with Gasteiger partial charge in [-0.2, -0.15) is 0 Å². The van der Waals surface area contributed by atoms with Crippen LogP contribution in [0.4, 0.5) is 4.79 Å². The molecule has 0 aliphatic heterocycles. The smallest absolute Gasteiger partial charge is 0.407 e. The van der Waals surface area contributed by atoms with Gasteiger partial charge in [0.25, 0.3) is 0 Å². The Kier molecular flexibility index (Phi) is 8.59. The minimum Gasteiger partial charge on any atom is -0.489 e. The highest BCUT2D eigenvalue weighted by atomic mass is 16.5. The van der Waals surface area contributed by atoms with Crippen molar-refractivity contribution in [1.82, 2.24) is 5.32 Å². The second-order valence-corrected chi connectivity index (χ2v) is 3.51. The molecule has 0 rings (SSSR count). The fraction of sp³-hybridized carbons (Fsp3) is 0.636. The number of Topliss-reactive ketones (excluding diaryl/α,β-unsaturated/α-hetero) is 1. The summed E-state index contributed by atoms with van der Waals surface area (Å²) in [7, 11) is 0. The maximum absolute atomic E-state index is 11.1. The van der Waals surface area contributed by atoms with Crippen LogP contribution in [0.25, 0.3) is 0 Å². The summed E-state index contributed by atoms with van der Waals surface area (Å²) in [5, 5.41) is 19.5. The van der Waals surface area contributed by atoms with Crippen molar-refractivity contribution in [3.63, 3.8) is 0 Å². The van der Waals surface area contributed by atoms with Crippen LogP contribution in [0.5, 0.6) is 0 Å². The summed E-state index contributed by atoms with van der Waals surface area (Å²) in [6, 6.07) is 0. The zero-order valence-electron chi connectivity index (χ0n) is 10.3. The molecule has 0 bridgehead atoms. The third kappa shape index (κ3) is 9.61. The summed E-state index contributed by atoms with van der Waals surface area (Å²) in [5.74, 6) is -0.220. The van der Waals surface area contributed by atoms with E-state index in [9.17, 15) is 9.59 Å². The van der Waals surface area contributed by atoms with Crippen LogP contribution in [-0.4, -0.2) is 48.1 Å². The molecule has 0 radical (unpaired) electrons. The summed E-state index contributed by atoms with van der Waals surface area (Å²) in [4.78, 5) is 21.8. The van der Waals surface area contributed by atoms with Crippen LogP contribution in [0.3, 0.4) is 0 Å². The Balaban J connectivity index is 3.43. The first-order valence-corrected chi connectivity index (χ1v) is 5.53. The van der Waals surface area contributed by atoms with Gasteiger partial charge in [0.15, 0.2) is 17.8 Å². The molecule has 0 heterocycles. The van der Waals surface area contributed by atoms with Crippen molar-refractivity contribution >= 4 is 11.9 Å². The number of rotatable bonds is 9. The number of hydrogen-bond donors (Lipinski definition) is 3. The summed E-state index contributed by atoms with van der Waals surface area (Å²) in [6.07, 6.45) is -1.50. The summed E-state index contributed by atoms with van der Waals surface area (Å²) < 4.78 is 9.66. The van der Waals surface area contributed by atoms with Gasteiger partial charge >= 0.3 is 6.09 Å². The highest BCUT2D eigenvalue weighted by Crippen LogP contribution is 1.95. The SMILES string of the molecule is C=C(OCCNC(=O)OCCCC(O)O)C(C)=O. The van der Waals surface area contributed by atoms with Crippen molar-refractivity contribution < 1.29 is 29.3 Å². The minimum atomic E-state index is -1.39. The first kappa shape index (κ1) is 16.4. The molecule has 7 heteroatoms. The van der Waals surface area contributed by atoms with Crippen LogP contribution in [0.1, 0.15) is 19.8 Å². The Labute approximate surface area is 105 Å². The van der Waals surface area contributed by atoms with Crippen molar-refractivity contribution in [2.75, 3.05) is 19.8 Å². The summed E-state index contributed by atoms with van der Waals surface area (Å²) in [5.41, 5.74) is 0. The van der Waals surface area contributed by atoms with Crippen molar-refractivity contribution in [3.8, 4) is 0 Å². The summed E-state index contributed by atoms with van der Waals surface area (Å²) in [6.45, 7) is 5.14. The van der Waals surface area contributed by atoms with Crippen LogP contribution in [0.15, 0.2) is 12.3 Å². The van der Waals surface area contributed by atoms with Gasteiger partial charge in [-0.25, -0.2) is 4.79 Å². The molecule has 1 amide bonds. The maximum atomic E-state index is 11.1. The fourth-order valence-electron chi connectivity index (χ4n) is 0.911. The molecule has 0 aromatic heterocycles. The van der Waals surface area contributed by atoms with E-state index in [1.165, 1.54) is 6.92 Å². The molecule has 0 atom stereocenters. The van der Waals surface area contributed by atoms with Crippen LogP contribution in [-0.2, 0) is 14.3 Å². The Morgan fingerprint density at radius 1 is 1.28 bits per heavy atom. The number of aliphatic hydroxyl groups is 2. The van der Waals surface area contributed by atoms with E-state index >= 15 is 0 Å². The Morgan fingerprint density at radius 3 is 2.50 bits per heavy atom. The standard InChI is InChI=1S/C11H19NO6/c1-8(13)9(2)17-7-5-12-11(16)18-6-3-4-10(14)15/h10,14-15H,2-7H2,1H3,(H,12,16). The van der Waals surface area contributed by atoms with Gasteiger partial charge in [0, 0.05) is 13.3 Å². The molecule has 0 saturated carbocycles. The number of allylic oxidation sites excluding steroid dienone is 1. The highest BCUT2D eigenvalue weighted by Gasteiger charge is 2.04. The number of amides is 1. The average Bonchev–Trinajstić information content (AvgIpc) is 2.29. The van der Waals surface area contributed by atoms with Gasteiger partial charge in [-0.05, 0) is 6.42 Å². The van der Waals surface area contributed by atoms with Gasteiger partial charge in [-0.15, -0.1) is 0 Å². The Hall–Kier alpha value is -1.60. The zero-order valence-corrected chi connectivity index (χ0v) is 10.3. The van der Waals surface area contributed by atoms with Crippen molar-refractivity contribution in [3.05, 3.63) is 12.3 Å². The number of alkyl carbamates (subject to hydrolysis) is 1. The summed E-state index contributed by atoms with van der Waals surface area (Å²) >= 11 is 0. The fourth-order valence-corrected chi connectivity index (χ4v) is 0.911. The second kappa shape index (κ2) is 9.43. The van der Waals surface area contributed by atoms with E-state index in [4.69, 9.17) is 19.7 Å². The molecule has 18 heavy (non-hydrogen) atoms. The van der Waals surface area contributed by atoms with Crippen molar-refractivity contribution in [2.24, 2.45) is 0 Å². The lowest BCUT2D eigenvalue weighted by Gasteiger charge is -2.08. The van der Waals surface area contributed by atoms with E-state index in [1.807, 2.05) is 0 Å². The molecule has 104 valence electrons. The predicted molar refractivity (Wildman–Crippen MR) is 62.6 cm³/mol. The maximum Gasteiger partial charge on any atom is 0.407 e. The molecule has 0 aromatic rings. The van der Waals surface area contributed by atoms with E-state index in [1.54, 1.807) is 0 Å². The number of hydrogen-bond acceptors (Lipinski definition) is 6. The van der Waals surface area contributed by atoms with E-state index in [0.717, 1.165) is 0 Å². The lowest BCUT2D eigenvalue weighted by atomic mass is 10.3. The molecule has 3 N–H and O–H groups in total. The van der Waals surface area contributed by atoms with Crippen LogP contribution < -0.4 is 5.32 Å². The number of nitrogens with one attached hydrogen (secondary N) is 1. The van der Waals surface area contributed by atoms with E-state index in [-0.39, 0.29) is 37.7 Å². The number of ketones is 1. The molecular formula is C11H19NO6. The first-order valence-electron chi connectivity index (χ1n) is 5.53. The molecule has 0 saturated heterocycles. The third-order valence-electron chi connectivity index (χ3n) is 1.88. The van der Waals surface area contributed by atoms with Gasteiger partial charge in [-0.3, -0.25) is 4.79 Å². The zero-order chi connectivity index (χ0) is 14.0. The quantitative estimate of drug-likeness (QED) is 0.232. The molecule has 0 spiro atoms. The molecule has 0 aromatic carbocycles. The molecule has 7 nitrogen and oxygen atoms in total. The second-order valence-electron chi connectivity index (χ2n) is 3.51. The lowest BCUT2D eigenvalue weighted by Crippen LogP contribution is -2.28. The van der Waals surface area contributed by atoms with Gasteiger partial charge < -0.3 is 25.0 Å². The van der Waals surface area contributed by atoms with Gasteiger partial charge in [0.1, 0.15) is 6.61 Å². The molecular weight excluding hydrogens is 242 g/mol. The third-order valence-corrected chi connectivity index (χ3v) is 1.88. The van der Waals surface area contributed by atoms with Gasteiger partial charge in [0.2, 0.25) is 0 Å².